The van der Waals surface area contributed by atoms with Crippen LogP contribution in [-0.4, -0.2) is 35.7 Å². The molecule has 5 rings (SSSR count). The molecule has 2 aromatic carbocycles. The summed E-state index contributed by atoms with van der Waals surface area (Å²) < 4.78 is 1.96. The van der Waals surface area contributed by atoms with Crippen LogP contribution >= 0.6 is 11.3 Å². The van der Waals surface area contributed by atoms with Crippen LogP contribution in [0.5, 0.6) is 5.75 Å². The number of fused-ring (bicyclic) bond motifs is 3. The van der Waals surface area contributed by atoms with E-state index in [9.17, 15) is 9.90 Å². The summed E-state index contributed by atoms with van der Waals surface area (Å²) in [4.78, 5) is 16.0. The van der Waals surface area contributed by atoms with Gasteiger partial charge in [-0.25, -0.2) is 0 Å². The summed E-state index contributed by atoms with van der Waals surface area (Å²) in [5.41, 5.74) is 2.06. The standard InChI is InChI=1S/C26H32N2O2S/c1-17-9-11-21(24-25(30)20-16-19(29)10-12-23(20)31-26(17)24)27-13-4-6-18-7-5-15-28-14-3-2-8-22(18)28/h9-12,16,18,22,27,29H,2-8,13-15H2,1H3. The van der Waals surface area contributed by atoms with Gasteiger partial charge in [-0.15, -0.1) is 11.3 Å². The molecule has 164 valence electrons. The first-order valence-electron chi connectivity index (χ1n) is 11.8. The predicted octanol–water partition coefficient (Wildman–Crippen LogP) is 5.89. The molecule has 2 atom stereocenters. The van der Waals surface area contributed by atoms with E-state index in [1.54, 1.807) is 23.5 Å². The Labute approximate surface area is 187 Å². The zero-order valence-corrected chi connectivity index (χ0v) is 19.1. The summed E-state index contributed by atoms with van der Waals surface area (Å²) in [7, 11) is 0. The SMILES string of the molecule is Cc1ccc(NCCCC2CCCN3CCCCC23)c2c(=O)c3cc(O)ccc3sc12. The van der Waals surface area contributed by atoms with Crippen LogP contribution in [0.2, 0.25) is 0 Å². The van der Waals surface area contributed by atoms with Crippen LogP contribution in [0.1, 0.15) is 50.5 Å². The number of aryl methyl sites for hydroxylation is 1. The number of hydrogen-bond acceptors (Lipinski definition) is 5. The van der Waals surface area contributed by atoms with Gasteiger partial charge in [0, 0.05) is 33.1 Å². The molecule has 0 spiro atoms. The van der Waals surface area contributed by atoms with Crippen molar-refractivity contribution in [2.24, 2.45) is 5.92 Å². The number of hydrogen-bond donors (Lipinski definition) is 2. The molecule has 2 unspecified atom stereocenters. The molecule has 2 aliphatic rings. The van der Waals surface area contributed by atoms with Crippen LogP contribution in [0.15, 0.2) is 35.1 Å². The maximum atomic E-state index is 13.3. The molecular formula is C26H32N2O2S. The summed E-state index contributed by atoms with van der Waals surface area (Å²) in [6.45, 7) is 5.55. The lowest BCUT2D eigenvalue weighted by Crippen LogP contribution is -2.47. The molecule has 3 aromatic rings. The number of nitrogens with one attached hydrogen (secondary N) is 1. The number of benzene rings is 2. The van der Waals surface area contributed by atoms with Crippen molar-refractivity contribution >= 4 is 37.2 Å². The highest BCUT2D eigenvalue weighted by Gasteiger charge is 2.32. The molecular weight excluding hydrogens is 404 g/mol. The predicted molar refractivity (Wildman–Crippen MR) is 132 cm³/mol. The van der Waals surface area contributed by atoms with Gasteiger partial charge < -0.3 is 15.3 Å². The van der Waals surface area contributed by atoms with Crippen LogP contribution in [0.4, 0.5) is 5.69 Å². The smallest absolute Gasteiger partial charge is 0.198 e. The fourth-order valence-electron chi connectivity index (χ4n) is 5.72. The number of nitrogens with zero attached hydrogens (tertiary/aromatic N) is 1. The van der Waals surface area contributed by atoms with Crippen molar-refractivity contribution in [3.05, 3.63) is 46.1 Å². The monoisotopic (exact) mass is 436 g/mol. The first-order valence-corrected chi connectivity index (χ1v) is 12.6. The quantitative estimate of drug-likeness (QED) is 0.387. The Balaban J connectivity index is 1.33. The van der Waals surface area contributed by atoms with Crippen molar-refractivity contribution in [3.8, 4) is 5.75 Å². The van der Waals surface area contributed by atoms with Crippen LogP contribution in [0.25, 0.3) is 20.2 Å². The van der Waals surface area contributed by atoms with E-state index >= 15 is 0 Å². The van der Waals surface area contributed by atoms with Gasteiger partial charge >= 0.3 is 0 Å². The molecule has 2 N–H and O–H groups in total. The first-order chi connectivity index (χ1) is 15.1. The fraction of sp³-hybridized carbons (Fsp3) is 0.500. The lowest BCUT2D eigenvalue weighted by atomic mass is 9.81. The minimum atomic E-state index is 0.0102. The van der Waals surface area contributed by atoms with Gasteiger partial charge in [0.05, 0.1) is 5.39 Å². The second kappa shape index (κ2) is 8.79. The van der Waals surface area contributed by atoms with Crippen LogP contribution in [-0.2, 0) is 0 Å². The van der Waals surface area contributed by atoms with E-state index in [0.29, 0.717) is 5.39 Å². The summed E-state index contributed by atoms with van der Waals surface area (Å²) in [6, 6.07) is 10.0. The van der Waals surface area contributed by atoms with Gasteiger partial charge in [0.25, 0.3) is 0 Å². The Morgan fingerprint density at radius 2 is 2.00 bits per heavy atom. The van der Waals surface area contributed by atoms with Crippen LogP contribution in [0.3, 0.4) is 0 Å². The van der Waals surface area contributed by atoms with Gasteiger partial charge in [-0.1, -0.05) is 12.5 Å². The second-order valence-corrected chi connectivity index (χ2v) is 10.4. The molecule has 31 heavy (non-hydrogen) atoms. The fourth-order valence-corrected chi connectivity index (χ4v) is 6.87. The highest BCUT2D eigenvalue weighted by atomic mass is 32.1. The van der Waals surface area contributed by atoms with Gasteiger partial charge in [-0.3, -0.25) is 4.79 Å². The average Bonchev–Trinajstić information content (AvgIpc) is 2.79. The lowest BCUT2D eigenvalue weighted by molar-refractivity contribution is 0.0553. The molecule has 0 radical (unpaired) electrons. The van der Waals surface area contributed by atoms with Crippen LogP contribution < -0.4 is 10.7 Å². The number of rotatable bonds is 5. The van der Waals surface area contributed by atoms with E-state index in [1.165, 1.54) is 51.6 Å². The molecule has 3 heterocycles. The lowest BCUT2D eigenvalue weighted by Gasteiger charge is -2.44. The maximum absolute atomic E-state index is 13.3. The Hall–Kier alpha value is -2.11. The highest BCUT2D eigenvalue weighted by molar-refractivity contribution is 7.24. The molecule has 0 amide bonds. The molecule has 2 fully saturated rings. The van der Waals surface area contributed by atoms with E-state index in [2.05, 4.69) is 23.2 Å². The maximum Gasteiger partial charge on any atom is 0.198 e. The minimum absolute atomic E-state index is 0.0102. The van der Waals surface area contributed by atoms with Crippen molar-refractivity contribution in [1.82, 2.24) is 4.90 Å². The summed E-state index contributed by atoms with van der Waals surface area (Å²) >= 11 is 1.63. The summed E-state index contributed by atoms with van der Waals surface area (Å²) in [5, 5.41) is 14.8. The summed E-state index contributed by atoms with van der Waals surface area (Å²) in [6.07, 6.45) is 9.26. The van der Waals surface area contributed by atoms with Crippen molar-refractivity contribution in [1.29, 1.82) is 0 Å². The third-order valence-electron chi connectivity index (χ3n) is 7.30. The van der Waals surface area contributed by atoms with Crippen LogP contribution in [0, 0.1) is 12.8 Å². The van der Waals surface area contributed by atoms with E-state index in [-0.39, 0.29) is 11.2 Å². The van der Waals surface area contributed by atoms with Crippen molar-refractivity contribution in [2.45, 2.75) is 57.9 Å². The zero-order chi connectivity index (χ0) is 21.4. The van der Waals surface area contributed by atoms with Gasteiger partial charge in [0.2, 0.25) is 0 Å². The molecule has 0 saturated carbocycles. The van der Waals surface area contributed by atoms with E-state index < -0.39 is 0 Å². The molecule has 4 nitrogen and oxygen atoms in total. The number of piperidine rings is 2. The van der Waals surface area contributed by atoms with Gasteiger partial charge in [0.15, 0.2) is 5.43 Å². The molecule has 2 saturated heterocycles. The molecule has 0 aliphatic carbocycles. The number of phenolic OH excluding ortho intramolecular Hbond substituents is 1. The number of aromatic hydroxyl groups is 1. The Morgan fingerprint density at radius 3 is 2.90 bits per heavy atom. The summed E-state index contributed by atoms with van der Waals surface area (Å²) in [5.74, 6) is 0.970. The second-order valence-electron chi connectivity index (χ2n) is 9.32. The Bertz CT molecular complexity index is 1150. The minimum Gasteiger partial charge on any atom is -0.508 e. The Kier molecular flexibility index (Phi) is 5.89. The normalized spacial score (nSPS) is 22.0. The van der Waals surface area contributed by atoms with Gasteiger partial charge in [-0.05, 0) is 94.3 Å². The van der Waals surface area contributed by atoms with E-state index in [0.717, 1.165) is 51.0 Å². The Morgan fingerprint density at radius 1 is 1.13 bits per heavy atom. The largest absolute Gasteiger partial charge is 0.508 e. The average molecular weight is 437 g/mol. The third kappa shape index (κ3) is 4.06. The van der Waals surface area contributed by atoms with Gasteiger partial charge in [-0.2, -0.15) is 0 Å². The topological polar surface area (TPSA) is 52.6 Å². The number of phenols is 1. The van der Waals surface area contributed by atoms with E-state index in [4.69, 9.17) is 0 Å². The van der Waals surface area contributed by atoms with Crippen molar-refractivity contribution in [2.75, 3.05) is 25.0 Å². The zero-order valence-electron chi connectivity index (χ0n) is 18.3. The highest BCUT2D eigenvalue weighted by Crippen LogP contribution is 2.35. The molecule has 2 aliphatic heterocycles. The van der Waals surface area contributed by atoms with E-state index in [1.807, 2.05) is 12.1 Å². The first kappa shape index (κ1) is 20.8. The van der Waals surface area contributed by atoms with Gasteiger partial charge in [0.1, 0.15) is 5.75 Å². The third-order valence-corrected chi connectivity index (χ3v) is 8.60. The number of anilines is 1. The van der Waals surface area contributed by atoms with Crippen molar-refractivity contribution < 1.29 is 5.11 Å². The van der Waals surface area contributed by atoms with Crippen molar-refractivity contribution in [3.63, 3.8) is 0 Å². The molecule has 1 aromatic heterocycles. The molecule has 5 heteroatoms. The molecule has 0 bridgehead atoms.